The summed E-state index contributed by atoms with van der Waals surface area (Å²) in [7, 11) is 0. The van der Waals surface area contributed by atoms with Crippen molar-refractivity contribution in [1.29, 1.82) is 0 Å². The van der Waals surface area contributed by atoms with E-state index in [0.29, 0.717) is 19.1 Å². The fourth-order valence-corrected chi connectivity index (χ4v) is 2.15. The highest BCUT2D eigenvalue weighted by Gasteiger charge is 2.16. The van der Waals surface area contributed by atoms with Crippen molar-refractivity contribution in [2.75, 3.05) is 6.54 Å². The molecule has 1 aliphatic rings. The first kappa shape index (κ1) is 12.1. The third-order valence-electron chi connectivity index (χ3n) is 2.99. The maximum Gasteiger partial charge on any atom is 0.234 e. The molecule has 1 fully saturated rings. The Morgan fingerprint density at radius 3 is 2.94 bits per heavy atom. The van der Waals surface area contributed by atoms with Crippen molar-refractivity contribution in [3.05, 3.63) is 17.5 Å². The third kappa shape index (κ3) is 3.85. The van der Waals surface area contributed by atoms with E-state index in [1.807, 2.05) is 13.0 Å². The Kier molecular flexibility index (Phi) is 4.14. The number of rotatable bonds is 5. The standard InChI is InChI=1S/C12H19N3O2/c1-9-6-11(15-17-9)7-13-8-12(16)14-10-4-2-3-5-10/h6,10,13H,2-5,7-8H2,1H3,(H,14,16). The van der Waals surface area contributed by atoms with Gasteiger partial charge in [0.2, 0.25) is 5.91 Å². The van der Waals surface area contributed by atoms with Gasteiger partial charge in [-0.25, -0.2) is 0 Å². The van der Waals surface area contributed by atoms with Gasteiger partial charge in [0.1, 0.15) is 5.76 Å². The molecule has 2 rings (SSSR count). The number of carbonyl (C=O) groups is 1. The van der Waals surface area contributed by atoms with Gasteiger partial charge in [0, 0.05) is 18.7 Å². The quantitative estimate of drug-likeness (QED) is 0.805. The zero-order valence-corrected chi connectivity index (χ0v) is 10.2. The summed E-state index contributed by atoms with van der Waals surface area (Å²) in [6.45, 7) is 2.75. The molecule has 0 bridgehead atoms. The molecule has 1 heterocycles. The van der Waals surface area contributed by atoms with Crippen molar-refractivity contribution in [3.8, 4) is 0 Å². The summed E-state index contributed by atoms with van der Waals surface area (Å²) in [4.78, 5) is 11.6. The summed E-state index contributed by atoms with van der Waals surface area (Å²) in [5.41, 5.74) is 0.830. The molecular formula is C12H19N3O2. The van der Waals surface area contributed by atoms with Crippen LogP contribution in [0.15, 0.2) is 10.6 Å². The first-order chi connectivity index (χ1) is 8.24. The Labute approximate surface area is 101 Å². The predicted molar refractivity (Wildman–Crippen MR) is 63.3 cm³/mol. The highest BCUT2D eigenvalue weighted by molar-refractivity contribution is 5.78. The number of aryl methyl sites for hydroxylation is 1. The Hall–Kier alpha value is -1.36. The van der Waals surface area contributed by atoms with Crippen molar-refractivity contribution in [3.63, 3.8) is 0 Å². The summed E-state index contributed by atoms with van der Waals surface area (Å²) in [5, 5.41) is 9.93. The van der Waals surface area contributed by atoms with E-state index in [-0.39, 0.29) is 5.91 Å². The van der Waals surface area contributed by atoms with Crippen LogP contribution in [0.4, 0.5) is 0 Å². The minimum atomic E-state index is 0.0668. The van der Waals surface area contributed by atoms with Crippen LogP contribution >= 0.6 is 0 Å². The lowest BCUT2D eigenvalue weighted by molar-refractivity contribution is -0.120. The number of nitrogens with zero attached hydrogens (tertiary/aromatic N) is 1. The summed E-state index contributed by atoms with van der Waals surface area (Å²) >= 11 is 0. The van der Waals surface area contributed by atoms with Gasteiger partial charge in [0.15, 0.2) is 0 Å². The molecule has 17 heavy (non-hydrogen) atoms. The number of carbonyl (C=O) groups excluding carboxylic acids is 1. The van der Waals surface area contributed by atoms with E-state index in [0.717, 1.165) is 24.3 Å². The SMILES string of the molecule is Cc1cc(CNCC(=O)NC2CCCC2)no1. The Morgan fingerprint density at radius 2 is 2.29 bits per heavy atom. The van der Waals surface area contributed by atoms with Gasteiger partial charge in [-0.2, -0.15) is 0 Å². The van der Waals surface area contributed by atoms with E-state index in [2.05, 4.69) is 15.8 Å². The van der Waals surface area contributed by atoms with Gasteiger partial charge >= 0.3 is 0 Å². The number of aromatic nitrogens is 1. The van der Waals surface area contributed by atoms with Crippen molar-refractivity contribution in [1.82, 2.24) is 15.8 Å². The lowest BCUT2D eigenvalue weighted by atomic mass is 10.2. The van der Waals surface area contributed by atoms with Gasteiger partial charge in [-0.3, -0.25) is 4.79 Å². The monoisotopic (exact) mass is 237 g/mol. The molecule has 94 valence electrons. The molecule has 2 N–H and O–H groups in total. The summed E-state index contributed by atoms with van der Waals surface area (Å²) in [6, 6.07) is 2.25. The molecule has 1 aliphatic carbocycles. The minimum absolute atomic E-state index is 0.0668. The van der Waals surface area contributed by atoms with Crippen molar-refractivity contribution >= 4 is 5.91 Å². The fourth-order valence-electron chi connectivity index (χ4n) is 2.15. The molecule has 0 aliphatic heterocycles. The topological polar surface area (TPSA) is 67.2 Å². The van der Waals surface area contributed by atoms with E-state index in [4.69, 9.17) is 4.52 Å². The lowest BCUT2D eigenvalue weighted by Gasteiger charge is -2.11. The van der Waals surface area contributed by atoms with Crippen LogP contribution in [0.2, 0.25) is 0 Å². The number of hydrogen-bond donors (Lipinski definition) is 2. The summed E-state index contributed by atoms with van der Waals surface area (Å²) in [5.74, 6) is 0.856. The molecule has 0 aromatic carbocycles. The molecule has 0 unspecified atom stereocenters. The average Bonchev–Trinajstić information content (AvgIpc) is 2.90. The number of nitrogens with one attached hydrogen (secondary N) is 2. The van der Waals surface area contributed by atoms with Crippen LogP contribution in [-0.4, -0.2) is 23.7 Å². The van der Waals surface area contributed by atoms with Gasteiger partial charge in [0.05, 0.1) is 12.2 Å². The highest BCUT2D eigenvalue weighted by atomic mass is 16.5. The Morgan fingerprint density at radius 1 is 1.53 bits per heavy atom. The average molecular weight is 237 g/mol. The molecular weight excluding hydrogens is 218 g/mol. The van der Waals surface area contributed by atoms with E-state index in [1.165, 1.54) is 12.8 Å². The van der Waals surface area contributed by atoms with E-state index in [9.17, 15) is 4.79 Å². The van der Waals surface area contributed by atoms with Crippen LogP contribution < -0.4 is 10.6 Å². The minimum Gasteiger partial charge on any atom is -0.361 e. The van der Waals surface area contributed by atoms with Gasteiger partial charge in [-0.15, -0.1) is 0 Å². The predicted octanol–water partition coefficient (Wildman–Crippen LogP) is 1.13. The molecule has 5 heteroatoms. The van der Waals surface area contributed by atoms with Crippen LogP contribution in [-0.2, 0) is 11.3 Å². The molecule has 5 nitrogen and oxygen atoms in total. The molecule has 0 spiro atoms. The Balaban J connectivity index is 1.62. The smallest absolute Gasteiger partial charge is 0.234 e. The number of hydrogen-bond acceptors (Lipinski definition) is 4. The normalized spacial score (nSPS) is 16.3. The first-order valence-corrected chi connectivity index (χ1v) is 6.16. The van der Waals surface area contributed by atoms with Crippen molar-refractivity contribution < 1.29 is 9.32 Å². The fraction of sp³-hybridized carbons (Fsp3) is 0.667. The van der Waals surface area contributed by atoms with Crippen molar-refractivity contribution in [2.24, 2.45) is 0 Å². The zero-order valence-electron chi connectivity index (χ0n) is 10.2. The van der Waals surface area contributed by atoms with Gasteiger partial charge in [0.25, 0.3) is 0 Å². The Bertz CT molecular complexity index is 370. The van der Waals surface area contributed by atoms with Gasteiger partial charge < -0.3 is 15.2 Å². The maximum absolute atomic E-state index is 11.6. The second kappa shape index (κ2) is 5.82. The van der Waals surface area contributed by atoms with E-state index >= 15 is 0 Å². The molecule has 0 saturated heterocycles. The number of amides is 1. The van der Waals surface area contributed by atoms with Gasteiger partial charge in [-0.05, 0) is 19.8 Å². The van der Waals surface area contributed by atoms with Crippen LogP contribution in [0, 0.1) is 6.92 Å². The summed E-state index contributed by atoms with van der Waals surface area (Å²) in [6.07, 6.45) is 4.70. The highest BCUT2D eigenvalue weighted by Crippen LogP contribution is 2.17. The lowest BCUT2D eigenvalue weighted by Crippen LogP contribution is -2.38. The van der Waals surface area contributed by atoms with Crippen LogP contribution in [0.5, 0.6) is 0 Å². The van der Waals surface area contributed by atoms with Crippen LogP contribution in [0.3, 0.4) is 0 Å². The first-order valence-electron chi connectivity index (χ1n) is 6.16. The molecule has 0 radical (unpaired) electrons. The van der Waals surface area contributed by atoms with E-state index in [1.54, 1.807) is 0 Å². The second-order valence-corrected chi connectivity index (χ2v) is 4.58. The van der Waals surface area contributed by atoms with Crippen LogP contribution in [0.1, 0.15) is 37.1 Å². The van der Waals surface area contributed by atoms with Crippen LogP contribution in [0.25, 0.3) is 0 Å². The molecule has 1 saturated carbocycles. The molecule has 1 aromatic rings. The maximum atomic E-state index is 11.6. The molecule has 1 aromatic heterocycles. The molecule has 0 atom stereocenters. The molecule has 1 amide bonds. The zero-order chi connectivity index (χ0) is 12.1. The summed E-state index contributed by atoms with van der Waals surface area (Å²) < 4.78 is 4.94. The van der Waals surface area contributed by atoms with Gasteiger partial charge in [-0.1, -0.05) is 18.0 Å². The second-order valence-electron chi connectivity index (χ2n) is 4.58. The third-order valence-corrected chi connectivity index (χ3v) is 2.99. The van der Waals surface area contributed by atoms with Crippen molar-refractivity contribution in [2.45, 2.75) is 45.2 Å². The largest absolute Gasteiger partial charge is 0.361 e. The van der Waals surface area contributed by atoms with E-state index < -0.39 is 0 Å².